The largest absolute Gasteiger partial charge is 0.444 e. The molecule has 1 atom stereocenters. The highest BCUT2D eigenvalue weighted by Gasteiger charge is 2.25. The van der Waals surface area contributed by atoms with E-state index in [2.05, 4.69) is 5.32 Å². The third kappa shape index (κ3) is 6.82. The number of likely N-dealkylation sites (N-methyl/N-ethyl adjacent to an activating group) is 1. The van der Waals surface area contributed by atoms with E-state index in [1.54, 1.807) is 4.90 Å². The molecule has 0 saturated heterocycles. The molecule has 5 heteroatoms. The molecule has 0 spiro atoms. The molecule has 0 aromatic carbocycles. The van der Waals surface area contributed by atoms with Gasteiger partial charge in [-0.15, -0.1) is 0 Å². The molecule has 1 N–H and O–H groups in total. The van der Waals surface area contributed by atoms with Crippen molar-refractivity contribution in [2.45, 2.75) is 71.4 Å². The third-order valence-electron chi connectivity index (χ3n) is 3.64. The maximum Gasteiger partial charge on any atom is 0.407 e. The number of ether oxygens (including phenoxy) is 1. The van der Waals surface area contributed by atoms with Gasteiger partial charge in [-0.2, -0.15) is 0 Å². The first-order valence-corrected chi connectivity index (χ1v) is 7.93. The zero-order valence-electron chi connectivity index (χ0n) is 14.1. The third-order valence-corrected chi connectivity index (χ3v) is 3.64. The zero-order valence-corrected chi connectivity index (χ0v) is 14.1. The summed E-state index contributed by atoms with van der Waals surface area (Å²) in [6, 6.07) is -0.127. The van der Waals surface area contributed by atoms with Gasteiger partial charge in [0.1, 0.15) is 5.60 Å². The second-order valence-electron chi connectivity index (χ2n) is 7.10. The molecule has 1 saturated carbocycles. The van der Waals surface area contributed by atoms with Gasteiger partial charge < -0.3 is 15.0 Å². The number of carbonyl (C=O) groups excluding carboxylic acids is 2. The average Bonchev–Trinajstić information content (AvgIpc) is 2.36. The predicted octanol–water partition coefficient (Wildman–Crippen LogP) is 2.94. The van der Waals surface area contributed by atoms with Crippen LogP contribution in [-0.4, -0.2) is 42.1 Å². The lowest BCUT2D eigenvalue weighted by Crippen LogP contribution is -2.45. The second kappa shape index (κ2) is 7.66. The van der Waals surface area contributed by atoms with Crippen LogP contribution in [0.25, 0.3) is 0 Å². The van der Waals surface area contributed by atoms with Gasteiger partial charge in [-0.05, 0) is 40.5 Å². The molecule has 2 amide bonds. The van der Waals surface area contributed by atoms with Crippen LogP contribution in [0.3, 0.4) is 0 Å². The summed E-state index contributed by atoms with van der Waals surface area (Å²) < 4.78 is 5.21. The van der Waals surface area contributed by atoms with E-state index in [0.717, 1.165) is 25.7 Å². The van der Waals surface area contributed by atoms with E-state index in [9.17, 15) is 9.59 Å². The lowest BCUT2D eigenvalue weighted by Gasteiger charge is -2.29. The van der Waals surface area contributed by atoms with E-state index in [4.69, 9.17) is 4.74 Å². The van der Waals surface area contributed by atoms with Crippen LogP contribution >= 0.6 is 0 Å². The molecule has 1 aliphatic rings. The van der Waals surface area contributed by atoms with Crippen LogP contribution in [0.2, 0.25) is 0 Å². The van der Waals surface area contributed by atoms with E-state index in [-0.39, 0.29) is 17.9 Å². The molecule has 0 unspecified atom stereocenters. The van der Waals surface area contributed by atoms with E-state index in [1.165, 1.54) is 6.42 Å². The quantitative estimate of drug-likeness (QED) is 0.868. The Morgan fingerprint density at radius 1 is 1.24 bits per heavy atom. The van der Waals surface area contributed by atoms with Crippen LogP contribution in [0.15, 0.2) is 0 Å². The van der Waals surface area contributed by atoms with E-state index in [1.807, 2.05) is 34.7 Å². The molecule has 1 rings (SSSR count). The molecule has 0 aromatic heterocycles. The van der Waals surface area contributed by atoms with Crippen LogP contribution in [-0.2, 0) is 9.53 Å². The van der Waals surface area contributed by atoms with Crippen molar-refractivity contribution in [1.82, 2.24) is 10.2 Å². The summed E-state index contributed by atoms with van der Waals surface area (Å²) in [6.07, 6.45) is 5.10. The Balaban J connectivity index is 2.37. The second-order valence-corrected chi connectivity index (χ2v) is 7.10. The van der Waals surface area contributed by atoms with E-state index < -0.39 is 11.7 Å². The SMILES string of the molecule is C[C@@H](CN(C)C(=O)C1CCCCC1)NC(=O)OC(C)(C)C. The molecule has 122 valence electrons. The first-order chi connectivity index (χ1) is 9.69. The fourth-order valence-corrected chi connectivity index (χ4v) is 2.72. The molecule has 1 fully saturated rings. The Morgan fingerprint density at radius 2 is 1.81 bits per heavy atom. The molecule has 0 radical (unpaired) electrons. The van der Waals surface area contributed by atoms with Gasteiger partial charge in [0.2, 0.25) is 5.91 Å². The first-order valence-electron chi connectivity index (χ1n) is 7.93. The zero-order chi connectivity index (χ0) is 16.0. The number of amides is 2. The average molecular weight is 298 g/mol. The smallest absolute Gasteiger partial charge is 0.407 e. The number of hydrogen-bond acceptors (Lipinski definition) is 3. The lowest BCUT2D eigenvalue weighted by atomic mass is 9.88. The summed E-state index contributed by atoms with van der Waals surface area (Å²) in [5, 5.41) is 2.77. The van der Waals surface area contributed by atoms with E-state index >= 15 is 0 Å². The van der Waals surface area contributed by atoms with Gasteiger partial charge in [0.25, 0.3) is 0 Å². The minimum absolute atomic E-state index is 0.127. The van der Waals surface area contributed by atoms with Gasteiger partial charge in [0.05, 0.1) is 0 Å². The number of nitrogens with one attached hydrogen (secondary N) is 1. The first kappa shape index (κ1) is 17.8. The normalized spacial score (nSPS) is 18.0. The Kier molecular flexibility index (Phi) is 6.49. The topological polar surface area (TPSA) is 58.6 Å². The van der Waals surface area contributed by atoms with Crippen molar-refractivity contribution >= 4 is 12.0 Å². The van der Waals surface area contributed by atoms with Crippen LogP contribution in [0.4, 0.5) is 4.79 Å². The maximum absolute atomic E-state index is 12.3. The highest BCUT2D eigenvalue weighted by Crippen LogP contribution is 2.25. The van der Waals surface area contributed by atoms with Crippen molar-refractivity contribution in [2.75, 3.05) is 13.6 Å². The van der Waals surface area contributed by atoms with E-state index in [0.29, 0.717) is 6.54 Å². The number of alkyl carbamates (subject to hydrolysis) is 1. The predicted molar refractivity (Wildman–Crippen MR) is 83.0 cm³/mol. The molecule has 0 aliphatic heterocycles. The van der Waals surface area contributed by atoms with Crippen molar-refractivity contribution in [3.8, 4) is 0 Å². The molecular formula is C16H30N2O3. The number of rotatable bonds is 4. The Bertz CT molecular complexity index is 357. The van der Waals surface area contributed by atoms with Crippen molar-refractivity contribution in [1.29, 1.82) is 0 Å². The van der Waals surface area contributed by atoms with Gasteiger partial charge in [-0.3, -0.25) is 4.79 Å². The minimum atomic E-state index is -0.506. The van der Waals surface area contributed by atoms with Gasteiger partial charge in [0.15, 0.2) is 0 Å². The molecule has 5 nitrogen and oxygen atoms in total. The lowest BCUT2D eigenvalue weighted by molar-refractivity contribution is -0.135. The van der Waals surface area contributed by atoms with Gasteiger partial charge >= 0.3 is 6.09 Å². The Labute approximate surface area is 128 Å². The standard InChI is InChI=1S/C16H30N2O3/c1-12(17-15(20)21-16(2,3)4)11-18(5)14(19)13-9-7-6-8-10-13/h12-13H,6-11H2,1-5H3,(H,17,20)/t12-/m0/s1. The molecule has 21 heavy (non-hydrogen) atoms. The molecule has 0 aromatic rings. The Morgan fingerprint density at radius 3 is 2.33 bits per heavy atom. The fraction of sp³-hybridized carbons (Fsp3) is 0.875. The van der Waals surface area contributed by atoms with Gasteiger partial charge in [-0.1, -0.05) is 19.3 Å². The number of hydrogen-bond donors (Lipinski definition) is 1. The van der Waals surface area contributed by atoms with Crippen LogP contribution in [0, 0.1) is 5.92 Å². The summed E-state index contributed by atoms with van der Waals surface area (Å²) in [6.45, 7) is 7.88. The minimum Gasteiger partial charge on any atom is -0.444 e. The number of nitrogens with zero attached hydrogens (tertiary/aromatic N) is 1. The molecule has 1 aliphatic carbocycles. The van der Waals surface area contributed by atoms with Gasteiger partial charge in [0, 0.05) is 25.6 Å². The monoisotopic (exact) mass is 298 g/mol. The molecule has 0 bridgehead atoms. The van der Waals surface area contributed by atoms with Crippen LogP contribution < -0.4 is 5.32 Å². The van der Waals surface area contributed by atoms with Crippen LogP contribution in [0.5, 0.6) is 0 Å². The van der Waals surface area contributed by atoms with Crippen molar-refractivity contribution in [2.24, 2.45) is 5.92 Å². The van der Waals surface area contributed by atoms with Crippen molar-refractivity contribution < 1.29 is 14.3 Å². The van der Waals surface area contributed by atoms with Crippen molar-refractivity contribution in [3.63, 3.8) is 0 Å². The van der Waals surface area contributed by atoms with Crippen molar-refractivity contribution in [3.05, 3.63) is 0 Å². The molecule has 0 heterocycles. The maximum atomic E-state index is 12.3. The summed E-state index contributed by atoms with van der Waals surface area (Å²) in [7, 11) is 1.81. The molecular weight excluding hydrogens is 268 g/mol. The summed E-state index contributed by atoms with van der Waals surface area (Å²) in [4.78, 5) is 25.7. The highest BCUT2D eigenvalue weighted by molar-refractivity contribution is 5.78. The van der Waals surface area contributed by atoms with Crippen LogP contribution in [0.1, 0.15) is 59.8 Å². The Hall–Kier alpha value is -1.26. The van der Waals surface area contributed by atoms with Gasteiger partial charge in [-0.25, -0.2) is 4.79 Å². The summed E-state index contributed by atoms with van der Waals surface area (Å²) >= 11 is 0. The number of carbonyl (C=O) groups is 2. The fourth-order valence-electron chi connectivity index (χ4n) is 2.72. The highest BCUT2D eigenvalue weighted by atomic mass is 16.6. The summed E-state index contributed by atoms with van der Waals surface area (Å²) in [5.74, 6) is 0.366. The summed E-state index contributed by atoms with van der Waals surface area (Å²) in [5.41, 5.74) is -0.506.